The first-order chi connectivity index (χ1) is 10.3. The molecule has 1 aromatic heterocycles. The fourth-order valence-electron chi connectivity index (χ4n) is 2.82. The fourth-order valence-corrected chi connectivity index (χ4v) is 2.82. The van der Waals surface area contributed by atoms with Gasteiger partial charge >= 0.3 is 11.6 Å². The van der Waals surface area contributed by atoms with Gasteiger partial charge in [0.15, 0.2) is 6.10 Å². The number of hydrogen-bond acceptors (Lipinski definition) is 6. The van der Waals surface area contributed by atoms with E-state index in [9.17, 15) is 14.7 Å². The standard InChI is InChI=1S/C16H16O6/c1-8(17)22-16(2,3)15-13(19)12-10(20-15)6-4-9-5-7-11(18)21-14(9)12/h4-7,13,15,19H,1-3H3. The summed E-state index contributed by atoms with van der Waals surface area (Å²) in [6.07, 6.45) is -1.86. The van der Waals surface area contributed by atoms with E-state index in [1.54, 1.807) is 32.0 Å². The summed E-state index contributed by atoms with van der Waals surface area (Å²) in [4.78, 5) is 22.7. The Balaban J connectivity index is 2.09. The second-order valence-corrected chi connectivity index (χ2v) is 5.83. The second kappa shape index (κ2) is 4.84. The monoisotopic (exact) mass is 304 g/mol. The van der Waals surface area contributed by atoms with Gasteiger partial charge in [0.05, 0.1) is 5.56 Å². The largest absolute Gasteiger partial charge is 0.483 e. The molecule has 0 amide bonds. The van der Waals surface area contributed by atoms with Crippen LogP contribution >= 0.6 is 0 Å². The maximum absolute atomic E-state index is 11.5. The summed E-state index contributed by atoms with van der Waals surface area (Å²) in [5.74, 6) is -0.0484. The third-order valence-electron chi connectivity index (χ3n) is 3.72. The van der Waals surface area contributed by atoms with Crippen LogP contribution in [0.1, 0.15) is 32.4 Å². The van der Waals surface area contributed by atoms with Gasteiger partial charge in [-0.15, -0.1) is 0 Å². The Morgan fingerprint density at radius 3 is 2.64 bits per heavy atom. The Labute approximate surface area is 126 Å². The van der Waals surface area contributed by atoms with Crippen LogP contribution in [0.3, 0.4) is 0 Å². The predicted octanol–water partition coefficient (Wildman–Crippen LogP) is 1.93. The van der Waals surface area contributed by atoms with Crippen LogP contribution in [0.4, 0.5) is 0 Å². The first-order valence-corrected chi connectivity index (χ1v) is 6.90. The van der Waals surface area contributed by atoms with E-state index in [0.717, 1.165) is 0 Å². The average molecular weight is 304 g/mol. The molecule has 1 N–H and O–H groups in total. The van der Waals surface area contributed by atoms with Crippen LogP contribution in [0, 0.1) is 0 Å². The van der Waals surface area contributed by atoms with Gasteiger partial charge in [-0.25, -0.2) is 4.79 Å². The van der Waals surface area contributed by atoms with Crippen molar-refractivity contribution in [2.75, 3.05) is 0 Å². The summed E-state index contributed by atoms with van der Waals surface area (Å²) < 4.78 is 16.2. The van der Waals surface area contributed by atoms with E-state index in [2.05, 4.69) is 0 Å². The molecule has 1 aliphatic heterocycles. The van der Waals surface area contributed by atoms with Crippen LogP contribution in [0.25, 0.3) is 11.0 Å². The minimum Gasteiger partial charge on any atom is -0.483 e. The maximum atomic E-state index is 11.5. The fraction of sp³-hybridized carbons (Fsp3) is 0.375. The molecule has 0 radical (unpaired) electrons. The lowest BCUT2D eigenvalue weighted by atomic mass is 9.93. The summed E-state index contributed by atoms with van der Waals surface area (Å²) in [5.41, 5.74) is -0.846. The van der Waals surface area contributed by atoms with Crippen molar-refractivity contribution in [1.29, 1.82) is 0 Å². The molecule has 1 aliphatic rings. The number of benzene rings is 1. The number of carbonyl (C=O) groups excluding carboxylic acids is 1. The first-order valence-electron chi connectivity index (χ1n) is 6.90. The molecule has 0 fully saturated rings. The summed E-state index contributed by atoms with van der Waals surface area (Å²) in [6.45, 7) is 4.61. The van der Waals surface area contributed by atoms with E-state index in [1.165, 1.54) is 13.0 Å². The lowest BCUT2D eigenvalue weighted by molar-refractivity contribution is -0.167. The molecule has 0 bridgehead atoms. The van der Waals surface area contributed by atoms with Crippen molar-refractivity contribution < 1.29 is 23.8 Å². The number of ether oxygens (including phenoxy) is 2. The molecule has 3 rings (SSSR count). The lowest BCUT2D eigenvalue weighted by Gasteiger charge is -2.31. The molecule has 2 aromatic rings. The minimum atomic E-state index is -1.07. The van der Waals surface area contributed by atoms with Crippen molar-refractivity contribution in [3.8, 4) is 5.75 Å². The SMILES string of the molecule is CC(=O)OC(C)(C)C1Oc2ccc3ccc(=O)oc3c2C1O. The molecule has 0 spiro atoms. The summed E-state index contributed by atoms with van der Waals surface area (Å²) in [5, 5.41) is 11.3. The van der Waals surface area contributed by atoms with E-state index in [-0.39, 0.29) is 0 Å². The molecule has 116 valence electrons. The molecule has 2 heterocycles. The van der Waals surface area contributed by atoms with Gasteiger partial charge in [0, 0.05) is 18.4 Å². The zero-order chi connectivity index (χ0) is 16.1. The van der Waals surface area contributed by atoms with Crippen LogP contribution in [0.2, 0.25) is 0 Å². The van der Waals surface area contributed by atoms with Crippen LogP contribution in [-0.2, 0) is 9.53 Å². The minimum absolute atomic E-state index is 0.290. The van der Waals surface area contributed by atoms with E-state index in [4.69, 9.17) is 13.9 Å². The number of rotatable bonds is 2. The lowest BCUT2D eigenvalue weighted by Crippen LogP contribution is -2.45. The summed E-state index contributed by atoms with van der Waals surface area (Å²) in [6, 6.07) is 6.38. The van der Waals surface area contributed by atoms with Crippen molar-refractivity contribution in [3.63, 3.8) is 0 Å². The van der Waals surface area contributed by atoms with Crippen molar-refractivity contribution in [3.05, 3.63) is 40.2 Å². The van der Waals surface area contributed by atoms with Crippen molar-refractivity contribution in [2.45, 2.75) is 38.6 Å². The molecule has 0 aliphatic carbocycles. The second-order valence-electron chi connectivity index (χ2n) is 5.83. The number of hydrogen-bond donors (Lipinski definition) is 1. The maximum Gasteiger partial charge on any atom is 0.336 e. The van der Waals surface area contributed by atoms with Gasteiger partial charge in [0.1, 0.15) is 23.0 Å². The van der Waals surface area contributed by atoms with E-state index >= 15 is 0 Å². The van der Waals surface area contributed by atoms with Gasteiger partial charge in [-0.05, 0) is 32.0 Å². The van der Waals surface area contributed by atoms with Crippen LogP contribution in [0.15, 0.2) is 33.5 Å². The smallest absolute Gasteiger partial charge is 0.336 e. The van der Waals surface area contributed by atoms with Crippen molar-refractivity contribution >= 4 is 16.9 Å². The first kappa shape index (κ1) is 14.6. The number of esters is 1. The zero-order valence-corrected chi connectivity index (χ0v) is 12.5. The number of aliphatic hydroxyl groups is 1. The highest BCUT2D eigenvalue weighted by Gasteiger charge is 2.47. The summed E-state index contributed by atoms with van der Waals surface area (Å²) >= 11 is 0. The van der Waals surface area contributed by atoms with Gasteiger partial charge in [0.2, 0.25) is 0 Å². The molecule has 1 aromatic carbocycles. The van der Waals surface area contributed by atoms with E-state index in [1.807, 2.05) is 0 Å². The molecular formula is C16H16O6. The number of aliphatic hydroxyl groups excluding tert-OH is 1. The highest BCUT2D eigenvalue weighted by molar-refractivity contribution is 5.83. The molecule has 22 heavy (non-hydrogen) atoms. The van der Waals surface area contributed by atoms with Gasteiger partial charge in [0.25, 0.3) is 0 Å². The van der Waals surface area contributed by atoms with Gasteiger partial charge in [-0.2, -0.15) is 0 Å². The Hall–Kier alpha value is -2.34. The Morgan fingerprint density at radius 2 is 1.95 bits per heavy atom. The van der Waals surface area contributed by atoms with Crippen molar-refractivity contribution in [1.82, 2.24) is 0 Å². The highest BCUT2D eigenvalue weighted by atomic mass is 16.6. The third-order valence-corrected chi connectivity index (χ3v) is 3.72. The quantitative estimate of drug-likeness (QED) is 0.674. The van der Waals surface area contributed by atoms with E-state index in [0.29, 0.717) is 22.3 Å². The molecule has 2 unspecified atom stereocenters. The highest BCUT2D eigenvalue weighted by Crippen LogP contribution is 2.44. The number of carbonyl (C=O) groups is 1. The predicted molar refractivity (Wildman–Crippen MR) is 77.7 cm³/mol. The van der Waals surface area contributed by atoms with Gasteiger partial charge < -0.3 is 19.0 Å². The summed E-state index contributed by atoms with van der Waals surface area (Å²) in [7, 11) is 0. The molecule has 6 nitrogen and oxygen atoms in total. The molecule has 0 saturated heterocycles. The molecule has 6 heteroatoms. The van der Waals surface area contributed by atoms with Crippen LogP contribution < -0.4 is 10.4 Å². The van der Waals surface area contributed by atoms with Crippen LogP contribution in [-0.4, -0.2) is 22.8 Å². The average Bonchev–Trinajstić information content (AvgIpc) is 2.76. The Bertz CT molecular complexity index is 804. The van der Waals surface area contributed by atoms with E-state index < -0.39 is 29.4 Å². The normalized spacial score (nSPS) is 20.5. The molecule has 2 atom stereocenters. The topological polar surface area (TPSA) is 86.0 Å². The number of fused-ring (bicyclic) bond motifs is 3. The zero-order valence-electron chi connectivity index (χ0n) is 12.5. The third kappa shape index (κ3) is 2.25. The van der Waals surface area contributed by atoms with Gasteiger partial charge in [-0.1, -0.05) is 0 Å². The molecular weight excluding hydrogens is 288 g/mol. The van der Waals surface area contributed by atoms with Crippen LogP contribution in [0.5, 0.6) is 5.75 Å². The molecule has 0 saturated carbocycles. The Morgan fingerprint density at radius 1 is 1.27 bits per heavy atom. The van der Waals surface area contributed by atoms with Gasteiger partial charge in [-0.3, -0.25) is 4.79 Å². The van der Waals surface area contributed by atoms with Crippen molar-refractivity contribution in [2.24, 2.45) is 0 Å². The Kier molecular flexibility index (Phi) is 3.21.